The highest BCUT2D eigenvalue weighted by Crippen LogP contribution is 2.29. The molecule has 1 unspecified atom stereocenters. The number of carbonyl (C=O) groups excluding carboxylic acids is 1. The Balaban J connectivity index is 1.39. The third-order valence-electron chi connectivity index (χ3n) is 6.59. The normalized spacial score (nSPS) is 17.2. The van der Waals surface area contributed by atoms with Gasteiger partial charge in [0, 0.05) is 37.6 Å². The van der Waals surface area contributed by atoms with Crippen LogP contribution in [0.25, 0.3) is 10.2 Å². The van der Waals surface area contributed by atoms with Crippen LogP contribution in [0.4, 0.5) is 4.39 Å². The van der Waals surface area contributed by atoms with Crippen molar-refractivity contribution in [3.8, 4) is 0 Å². The molecular formula is C26H26FN3O3S2. The van der Waals surface area contributed by atoms with Gasteiger partial charge in [-0.15, -0.1) is 11.3 Å². The van der Waals surface area contributed by atoms with Crippen LogP contribution in [0.1, 0.15) is 28.5 Å². The predicted molar refractivity (Wildman–Crippen MR) is 136 cm³/mol. The van der Waals surface area contributed by atoms with Crippen molar-refractivity contribution in [2.24, 2.45) is 0 Å². The fourth-order valence-electron chi connectivity index (χ4n) is 4.65. The summed E-state index contributed by atoms with van der Waals surface area (Å²) in [4.78, 5) is 16.5. The van der Waals surface area contributed by atoms with Crippen LogP contribution in [0.2, 0.25) is 0 Å². The zero-order valence-electron chi connectivity index (χ0n) is 19.5. The quantitative estimate of drug-likeness (QED) is 0.389. The van der Waals surface area contributed by atoms with Gasteiger partial charge in [-0.3, -0.25) is 4.79 Å². The fourth-order valence-corrected chi connectivity index (χ4v) is 7.16. The number of aromatic nitrogens is 1. The average molecular weight is 512 g/mol. The third-order valence-corrected chi connectivity index (χ3v) is 9.56. The van der Waals surface area contributed by atoms with Crippen molar-refractivity contribution in [2.75, 3.05) is 19.6 Å². The molecule has 6 nitrogen and oxygen atoms in total. The van der Waals surface area contributed by atoms with Crippen LogP contribution in [0, 0.1) is 12.7 Å². The van der Waals surface area contributed by atoms with Gasteiger partial charge in [0.2, 0.25) is 10.0 Å². The first kappa shape index (κ1) is 23.7. The van der Waals surface area contributed by atoms with Crippen molar-refractivity contribution in [1.29, 1.82) is 0 Å². The smallest absolute Gasteiger partial charge is 0.270 e. The first-order chi connectivity index (χ1) is 16.8. The summed E-state index contributed by atoms with van der Waals surface area (Å²) in [5.41, 5.74) is 2.92. The van der Waals surface area contributed by atoms with Gasteiger partial charge in [-0.2, -0.15) is 4.31 Å². The number of sulfonamides is 1. The highest BCUT2D eigenvalue weighted by molar-refractivity contribution is 7.89. The number of aryl methyl sites for hydroxylation is 1. The predicted octanol–water partition coefficient (Wildman–Crippen LogP) is 4.73. The van der Waals surface area contributed by atoms with E-state index in [0.717, 1.165) is 33.5 Å². The Morgan fingerprint density at radius 1 is 1.09 bits per heavy atom. The van der Waals surface area contributed by atoms with Gasteiger partial charge in [0.15, 0.2) is 0 Å². The zero-order chi connectivity index (χ0) is 24.7. The van der Waals surface area contributed by atoms with Crippen LogP contribution < -0.4 is 0 Å². The van der Waals surface area contributed by atoms with E-state index < -0.39 is 21.9 Å². The second-order valence-electron chi connectivity index (χ2n) is 8.89. The van der Waals surface area contributed by atoms with E-state index in [0.29, 0.717) is 12.2 Å². The van der Waals surface area contributed by atoms with Crippen molar-refractivity contribution >= 4 is 37.5 Å². The molecule has 2 aromatic heterocycles. The summed E-state index contributed by atoms with van der Waals surface area (Å²) in [7, 11) is -3.78. The summed E-state index contributed by atoms with van der Waals surface area (Å²) in [5.74, 6) is -0.589. The molecule has 0 aliphatic carbocycles. The number of fused-ring (bicyclic) bond motifs is 1. The van der Waals surface area contributed by atoms with E-state index in [1.807, 2.05) is 29.6 Å². The Morgan fingerprint density at radius 3 is 2.54 bits per heavy atom. The maximum absolute atomic E-state index is 13.7. The minimum atomic E-state index is -3.78. The number of hydrogen-bond donors (Lipinski definition) is 0. The SMILES string of the molecule is Cc1ccccc1Cn1c(C(=O)N2CCN(S(=O)(=O)c3ccc(F)cc3)C(C)C2)cc2ccsc21. The molecule has 0 spiro atoms. The van der Waals surface area contributed by atoms with E-state index in [1.165, 1.54) is 16.4 Å². The van der Waals surface area contributed by atoms with Gasteiger partial charge in [-0.05, 0) is 66.8 Å². The first-order valence-corrected chi connectivity index (χ1v) is 13.8. The molecule has 1 fully saturated rings. The third kappa shape index (κ3) is 4.39. The van der Waals surface area contributed by atoms with E-state index in [2.05, 4.69) is 23.6 Å². The number of amides is 1. The second-order valence-corrected chi connectivity index (χ2v) is 11.7. The van der Waals surface area contributed by atoms with Gasteiger partial charge in [0.05, 0.1) is 4.90 Å². The minimum Gasteiger partial charge on any atom is -0.334 e. The number of nitrogens with zero attached hydrogens (tertiary/aromatic N) is 3. The lowest BCUT2D eigenvalue weighted by Gasteiger charge is -2.39. The molecule has 1 atom stereocenters. The van der Waals surface area contributed by atoms with Crippen LogP contribution in [0.3, 0.4) is 0 Å². The Hall–Kier alpha value is -3.01. The molecular weight excluding hydrogens is 485 g/mol. The number of benzene rings is 2. The standard InChI is InChI=1S/C26H26FN3O3S2/c1-18-5-3-4-6-21(18)17-29-24(15-20-11-14-34-26(20)29)25(31)28-12-13-30(19(2)16-28)35(32,33)23-9-7-22(27)8-10-23/h3-11,14-15,19H,12-13,16-17H2,1-2H3. The molecule has 1 amide bonds. The van der Waals surface area contributed by atoms with E-state index >= 15 is 0 Å². The lowest BCUT2D eigenvalue weighted by molar-refractivity contribution is 0.0632. The molecule has 1 aliphatic heterocycles. The van der Waals surface area contributed by atoms with E-state index in [1.54, 1.807) is 23.2 Å². The average Bonchev–Trinajstić information content (AvgIpc) is 3.42. The summed E-state index contributed by atoms with van der Waals surface area (Å²) in [6, 6.07) is 16.5. The number of rotatable bonds is 5. The van der Waals surface area contributed by atoms with Gasteiger partial charge >= 0.3 is 0 Å². The van der Waals surface area contributed by atoms with Crippen LogP contribution in [-0.2, 0) is 16.6 Å². The van der Waals surface area contributed by atoms with Gasteiger partial charge < -0.3 is 9.47 Å². The molecule has 1 aliphatic rings. The summed E-state index contributed by atoms with van der Waals surface area (Å²) in [5, 5.41) is 3.05. The molecule has 3 heterocycles. The van der Waals surface area contributed by atoms with Crippen LogP contribution in [0.5, 0.6) is 0 Å². The molecule has 9 heteroatoms. The highest BCUT2D eigenvalue weighted by atomic mass is 32.2. The largest absolute Gasteiger partial charge is 0.334 e. The Kier molecular flexibility index (Phi) is 6.25. The maximum atomic E-state index is 13.7. The molecule has 2 aromatic carbocycles. The molecule has 0 bridgehead atoms. The molecule has 5 rings (SSSR count). The number of piperazine rings is 1. The van der Waals surface area contributed by atoms with Crippen molar-refractivity contribution in [2.45, 2.75) is 31.3 Å². The number of halogens is 1. The number of carbonyl (C=O) groups is 1. The fraction of sp³-hybridized carbons (Fsp3) is 0.269. The van der Waals surface area contributed by atoms with E-state index in [4.69, 9.17) is 0 Å². The van der Waals surface area contributed by atoms with Crippen LogP contribution in [0.15, 0.2) is 70.9 Å². The summed E-state index contributed by atoms with van der Waals surface area (Å²) in [6.45, 7) is 5.20. The summed E-state index contributed by atoms with van der Waals surface area (Å²) < 4.78 is 43.0. The first-order valence-electron chi connectivity index (χ1n) is 11.4. The van der Waals surface area contributed by atoms with E-state index in [-0.39, 0.29) is 30.4 Å². The Bertz CT molecular complexity index is 1490. The number of thiophene rings is 1. The van der Waals surface area contributed by atoms with Crippen LogP contribution >= 0.6 is 11.3 Å². The van der Waals surface area contributed by atoms with Crippen molar-refractivity contribution in [1.82, 2.24) is 13.8 Å². The Morgan fingerprint density at radius 2 is 1.83 bits per heavy atom. The van der Waals surface area contributed by atoms with Gasteiger partial charge in [-0.25, -0.2) is 12.8 Å². The molecule has 0 N–H and O–H groups in total. The summed E-state index contributed by atoms with van der Waals surface area (Å²) >= 11 is 1.60. The van der Waals surface area contributed by atoms with E-state index in [9.17, 15) is 17.6 Å². The number of hydrogen-bond acceptors (Lipinski definition) is 4. The van der Waals surface area contributed by atoms with Gasteiger partial charge in [0.25, 0.3) is 5.91 Å². The van der Waals surface area contributed by atoms with Crippen molar-refractivity contribution < 1.29 is 17.6 Å². The highest BCUT2D eigenvalue weighted by Gasteiger charge is 2.36. The molecule has 35 heavy (non-hydrogen) atoms. The molecule has 1 saturated heterocycles. The van der Waals surface area contributed by atoms with Crippen molar-refractivity contribution in [3.05, 3.63) is 88.7 Å². The lowest BCUT2D eigenvalue weighted by atomic mass is 10.1. The molecule has 182 valence electrons. The lowest BCUT2D eigenvalue weighted by Crippen LogP contribution is -2.55. The van der Waals surface area contributed by atoms with Gasteiger partial charge in [-0.1, -0.05) is 24.3 Å². The Labute approximate surface area is 208 Å². The topological polar surface area (TPSA) is 62.6 Å². The van der Waals surface area contributed by atoms with Gasteiger partial charge in [0.1, 0.15) is 16.3 Å². The molecule has 4 aromatic rings. The molecule has 0 radical (unpaired) electrons. The zero-order valence-corrected chi connectivity index (χ0v) is 21.2. The van der Waals surface area contributed by atoms with Crippen LogP contribution in [-0.4, -0.2) is 53.8 Å². The van der Waals surface area contributed by atoms with Crippen molar-refractivity contribution in [3.63, 3.8) is 0 Å². The maximum Gasteiger partial charge on any atom is 0.270 e. The minimum absolute atomic E-state index is 0.0536. The summed E-state index contributed by atoms with van der Waals surface area (Å²) in [6.07, 6.45) is 0. The monoisotopic (exact) mass is 511 g/mol. The second kappa shape index (κ2) is 9.22. The molecule has 0 saturated carbocycles.